The van der Waals surface area contributed by atoms with Crippen LogP contribution in [-0.4, -0.2) is 36.7 Å². The Morgan fingerprint density at radius 3 is 2.76 bits per heavy atom. The lowest BCUT2D eigenvalue weighted by molar-refractivity contribution is 0.0701. The zero-order chi connectivity index (χ0) is 15.1. The van der Waals surface area contributed by atoms with Gasteiger partial charge in [0, 0.05) is 6.20 Å². The summed E-state index contributed by atoms with van der Waals surface area (Å²) in [5.74, 6) is -1.20. The first-order chi connectivity index (χ1) is 9.99. The SMILES string of the molecule is Cc1c(C(=O)O)sc2ncnc(-n3cc(C(N)=O)cn3)c12. The van der Waals surface area contributed by atoms with E-state index in [1.165, 1.54) is 23.4 Å². The Morgan fingerprint density at radius 1 is 1.38 bits per heavy atom. The van der Waals surface area contributed by atoms with Gasteiger partial charge in [0.2, 0.25) is 0 Å². The number of thiophene rings is 1. The Bertz CT molecular complexity index is 882. The number of rotatable bonds is 3. The van der Waals surface area contributed by atoms with Gasteiger partial charge < -0.3 is 10.8 Å². The van der Waals surface area contributed by atoms with Crippen molar-refractivity contribution in [2.24, 2.45) is 5.73 Å². The van der Waals surface area contributed by atoms with E-state index >= 15 is 0 Å². The molecule has 0 bridgehead atoms. The molecule has 3 heterocycles. The number of aromatic nitrogens is 4. The van der Waals surface area contributed by atoms with Crippen molar-refractivity contribution in [1.29, 1.82) is 0 Å². The third kappa shape index (κ3) is 2.03. The fraction of sp³-hybridized carbons (Fsp3) is 0.0833. The molecule has 8 nitrogen and oxygen atoms in total. The summed E-state index contributed by atoms with van der Waals surface area (Å²) < 4.78 is 1.38. The van der Waals surface area contributed by atoms with Crippen molar-refractivity contribution in [2.45, 2.75) is 6.92 Å². The van der Waals surface area contributed by atoms with Gasteiger partial charge in [0.25, 0.3) is 5.91 Å². The largest absolute Gasteiger partial charge is 0.477 e. The third-order valence-corrected chi connectivity index (χ3v) is 4.17. The van der Waals surface area contributed by atoms with Crippen LogP contribution >= 0.6 is 11.3 Å². The average Bonchev–Trinajstić information content (AvgIpc) is 3.04. The molecular formula is C12H9N5O3S. The topological polar surface area (TPSA) is 124 Å². The second kappa shape index (κ2) is 4.63. The first kappa shape index (κ1) is 13.2. The highest BCUT2D eigenvalue weighted by molar-refractivity contribution is 7.20. The molecule has 0 unspecified atom stereocenters. The van der Waals surface area contributed by atoms with Crippen molar-refractivity contribution in [2.75, 3.05) is 0 Å². The molecule has 9 heteroatoms. The zero-order valence-electron chi connectivity index (χ0n) is 10.8. The van der Waals surface area contributed by atoms with Crippen LogP contribution in [0, 0.1) is 6.92 Å². The van der Waals surface area contributed by atoms with Crippen molar-refractivity contribution in [1.82, 2.24) is 19.7 Å². The average molecular weight is 303 g/mol. The number of fused-ring (bicyclic) bond motifs is 1. The molecule has 0 fully saturated rings. The predicted octanol–water partition coefficient (Wildman–Crippen LogP) is 0.983. The monoisotopic (exact) mass is 303 g/mol. The number of carbonyl (C=O) groups excluding carboxylic acids is 1. The molecule has 0 spiro atoms. The number of carboxylic acid groups (broad SMARTS) is 1. The van der Waals surface area contributed by atoms with Crippen molar-refractivity contribution in [3.05, 3.63) is 34.7 Å². The lowest BCUT2D eigenvalue weighted by Gasteiger charge is -2.02. The molecule has 3 rings (SSSR count). The first-order valence-electron chi connectivity index (χ1n) is 5.81. The first-order valence-corrected chi connectivity index (χ1v) is 6.63. The summed E-state index contributed by atoms with van der Waals surface area (Å²) in [7, 11) is 0. The quantitative estimate of drug-likeness (QED) is 0.743. The molecule has 0 saturated carbocycles. The summed E-state index contributed by atoms with van der Waals surface area (Å²) in [6.45, 7) is 1.69. The van der Waals surface area contributed by atoms with Crippen molar-refractivity contribution in [3.8, 4) is 5.82 Å². The van der Waals surface area contributed by atoms with Gasteiger partial charge in [0.1, 0.15) is 16.0 Å². The van der Waals surface area contributed by atoms with Crippen LogP contribution in [0.4, 0.5) is 0 Å². The lowest BCUT2D eigenvalue weighted by atomic mass is 10.2. The van der Waals surface area contributed by atoms with Crippen LogP contribution < -0.4 is 5.73 Å². The van der Waals surface area contributed by atoms with Gasteiger partial charge in [-0.15, -0.1) is 11.3 Å². The number of carboxylic acids is 1. The smallest absolute Gasteiger partial charge is 0.346 e. The molecular weight excluding hydrogens is 294 g/mol. The van der Waals surface area contributed by atoms with Crippen LogP contribution in [0.15, 0.2) is 18.7 Å². The van der Waals surface area contributed by atoms with E-state index in [1.807, 2.05) is 0 Å². The number of amides is 1. The molecule has 0 atom stereocenters. The molecule has 0 radical (unpaired) electrons. The Kier molecular flexibility index (Phi) is 2.91. The molecule has 0 saturated heterocycles. The normalized spacial score (nSPS) is 10.9. The summed E-state index contributed by atoms with van der Waals surface area (Å²) >= 11 is 1.07. The van der Waals surface area contributed by atoms with Gasteiger partial charge in [0.15, 0.2) is 5.82 Å². The van der Waals surface area contributed by atoms with Gasteiger partial charge in [0.05, 0.1) is 17.1 Å². The highest BCUT2D eigenvalue weighted by Gasteiger charge is 2.20. The second-order valence-electron chi connectivity index (χ2n) is 4.28. The molecule has 0 aromatic carbocycles. The van der Waals surface area contributed by atoms with Gasteiger partial charge >= 0.3 is 5.97 Å². The lowest BCUT2D eigenvalue weighted by Crippen LogP contribution is -2.09. The Balaban J connectivity index is 2.27. The summed E-state index contributed by atoms with van der Waals surface area (Å²) in [5.41, 5.74) is 6.00. The fourth-order valence-corrected chi connectivity index (χ4v) is 2.98. The predicted molar refractivity (Wildman–Crippen MR) is 74.8 cm³/mol. The summed E-state index contributed by atoms with van der Waals surface area (Å²) in [4.78, 5) is 31.3. The van der Waals surface area contributed by atoms with E-state index in [0.29, 0.717) is 21.6 Å². The number of aryl methyl sites for hydroxylation is 1. The molecule has 3 N–H and O–H groups in total. The minimum Gasteiger partial charge on any atom is -0.477 e. The molecule has 0 aliphatic rings. The van der Waals surface area contributed by atoms with Crippen LogP contribution in [0.2, 0.25) is 0 Å². The van der Waals surface area contributed by atoms with E-state index in [-0.39, 0.29) is 10.4 Å². The number of nitrogens with two attached hydrogens (primary N) is 1. The number of hydrogen-bond acceptors (Lipinski definition) is 6. The van der Waals surface area contributed by atoms with E-state index in [9.17, 15) is 14.7 Å². The number of aromatic carboxylic acids is 1. The maximum Gasteiger partial charge on any atom is 0.346 e. The minimum absolute atomic E-state index is 0.203. The number of hydrogen-bond donors (Lipinski definition) is 2. The van der Waals surface area contributed by atoms with E-state index in [1.54, 1.807) is 6.92 Å². The molecule has 0 aliphatic carbocycles. The third-order valence-electron chi connectivity index (χ3n) is 2.99. The van der Waals surface area contributed by atoms with Crippen molar-refractivity contribution >= 4 is 33.4 Å². The minimum atomic E-state index is -1.01. The summed E-state index contributed by atoms with van der Waals surface area (Å²) in [6, 6.07) is 0. The van der Waals surface area contributed by atoms with E-state index < -0.39 is 11.9 Å². The van der Waals surface area contributed by atoms with E-state index in [0.717, 1.165) is 11.3 Å². The van der Waals surface area contributed by atoms with Gasteiger partial charge in [-0.05, 0) is 12.5 Å². The Labute approximate surface area is 121 Å². The second-order valence-corrected chi connectivity index (χ2v) is 5.28. The number of nitrogens with zero attached hydrogens (tertiary/aromatic N) is 4. The Morgan fingerprint density at radius 2 is 2.14 bits per heavy atom. The van der Waals surface area contributed by atoms with E-state index in [4.69, 9.17) is 5.73 Å². The fourth-order valence-electron chi connectivity index (χ4n) is 2.00. The summed E-state index contributed by atoms with van der Waals surface area (Å²) in [6.07, 6.45) is 4.10. The van der Waals surface area contributed by atoms with Crippen LogP contribution in [0.1, 0.15) is 25.6 Å². The van der Waals surface area contributed by atoms with Gasteiger partial charge in [-0.2, -0.15) is 5.10 Å². The van der Waals surface area contributed by atoms with Crippen LogP contribution in [0.3, 0.4) is 0 Å². The van der Waals surface area contributed by atoms with Crippen LogP contribution in [-0.2, 0) is 0 Å². The highest BCUT2D eigenvalue weighted by atomic mass is 32.1. The standard InChI is InChI=1S/C12H9N5O3S/c1-5-7-10(17-3-6(2-16-17)9(13)18)14-4-15-11(7)21-8(5)12(19)20/h2-4H,1H3,(H2,13,18)(H,19,20). The maximum absolute atomic E-state index is 11.2. The van der Waals surface area contributed by atoms with Gasteiger partial charge in [-0.3, -0.25) is 4.79 Å². The Hall–Kier alpha value is -2.81. The van der Waals surface area contributed by atoms with Crippen molar-refractivity contribution < 1.29 is 14.7 Å². The van der Waals surface area contributed by atoms with Crippen LogP contribution in [0.5, 0.6) is 0 Å². The molecule has 3 aromatic rings. The van der Waals surface area contributed by atoms with E-state index in [2.05, 4.69) is 15.1 Å². The summed E-state index contributed by atoms with van der Waals surface area (Å²) in [5, 5.41) is 13.8. The molecule has 3 aromatic heterocycles. The van der Waals surface area contributed by atoms with Gasteiger partial charge in [-0.25, -0.2) is 19.4 Å². The maximum atomic E-state index is 11.2. The van der Waals surface area contributed by atoms with Crippen molar-refractivity contribution in [3.63, 3.8) is 0 Å². The number of primary amides is 1. The zero-order valence-corrected chi connectivity index (χ0v) is 11.6. The molecule has 106 valence electrons. The molecule has 1 amide bonds. The van der Waals surface area contributed by atoms with Gasteiger partial charge in [-0.1, -0.05) is 0 Å². The molecule has 21 heavy (non-hydrogen) atoms. The number of carbonyl (C=O) groups is 2. The van der Waals surface area contributed by atoms with Crippen LogP contribution in [0.25, 0.3) is 16.0 Å². The molecule has 0 aliphatic heterocycles. The highest BCUT2D eigenvalue weighted by Crippen LogP contribution is 2.32.